The van der Waals surface area contributed by atoms with Crippen LogP contribution in [0, 0.1) is 10.1 Å². The Morgan fingerprint density at radius 2 is 2.09 bits per heavy atom. The molecular formula is C15H13N3O4S. The Morgan fingerprint density at radius 1 is 1.30 bits per heavy atom. The van der Waals surface area contributed by atoms with Crippen molar-refractivity contribution < 1.29 is 14.5 Å². The van der Waals surface area contributed by atoms with Crippen molar-refractivity contribution in [2.45, 2.75) is 6.04 Å². The van der Waals surface area contributed by atoms with Gasteiger partial charge in [-0.25, -0.2) is 0 Å². The van der Waals surface area contributed by atoms with Gasteiger partial charge in [-0.15, -0.1) is 11.3 Å². The van der Waals surface area contributed by atoms with Gasteiger partial charge in [0.2, 0.25) is 5.91 Å². The Labute approximate surface area is 135 Å². The number of nitrogens with zero attached hydrogens (tertiary/aromatic N) is 2. The summed E-state index contributed by atoms with van der Waals surface area (Å²) in [6.07, 6.45) is 0. The summed E-state index contributed by atoms with van der Waals surface area (Å²) in [5.74, 6) is -0.781. The number of piperazine rings is 1. The van der Waals surface area contributed by atoms with Gasteiger partial charge < -0.3 is 10.2 Å². The van der Waals surface area contributed by atoms with Crippen molar-refractivity contribution >= 4 is 28.8 Å². The van der Waals surface area contributed by atoms with E-state index in [1.165, 1.54) is 34.4 Å². The number of hydrogen-bond donors (Lipinski definition) is 1. The predicted molar refractivity (Wildman–Crippen MR) is 84.2 cm³/mol. The minimum absolute atomic E-state index is 0.00578. The molecule has 0 radical (unpaired) electrons. The molecule has 7 nitrogen and oxygen atoms in total. The number of amides is 2. The van der Waals surface area contributed by atoms with Crippen LogP contribution >= 0.6 is 11.3 Å². The van der Waals surface area contributed by atoms with E-state index in [9.17, 15) is 19.7 Å². The van der Waals surface area contributed by atoms with Gasteiger partial charge in [-0.2, -0.15) is 0 Å². The molecule has 0 aliphatic carbocycles. The minimum Gasteiger partial charge on any atom is -0.352 e. The second kappa shape index (κ2) is 6.17. The van der Waals surface area contributed by atoms with Gasteiger partial charge in [0.25, 0.3) is 11.6 Å². The highest BCUT2D eigenvalue weighted by Crippen LogP contribution is 2.30. The zero-order valence-corrected chi connectivity index (χ0v) is 12.8. The smallest absolute Gasteiger partial charge is 0.282 e. The van der Waals surface area contributed by atoms with E-state index in [1.54, 1.807) is 18.2 Å². The van der Waals surface area contributed by atoms with Crippen molar-refractivity contribution in [3.05, 3.63) is 62.3 Å². The zero-order valence-electron chi connectivity index (χ0n) is 12.0. The Kier molecular flexibility index (Phi) is 4.07. The molecule has 3 rings (SSSR count). The lowest BCUT2D eigenvalue weighted by atomic mass is 10.1. The molecule has 1 atom stereocenters. The number of carbonyl (C=O) groups excluding carboxylic acids is 2. The highest BCUT2D eigenvalue weighted by molar-refractivity contribution is 7.10. The van der Waals surface area contributed by atoms with Crippen LogP contribution in [0.15, 0.2) is 41.8 Å². The van der Waals surface area contributed by atoms with Crippen LogP contribution in [0.2, 0.25) is 0 Å². The Morgan fingerprint density at radius 3 is 2.78 bits per heavy atom. The fraction of sp³-hybridized carbons (Fsp3) is 0.200. The highest BCUT2D eigenvalue weighted by Gasteiger charge is 2.37. The number of carbonyl (C=O) groups is 2. The number of benzene rings is 1. The fourth-order valence-electron chi connectivity index (χ4n) is 2.58. The average molecular weight is 331 g/mol. The number of thiophene rings is 1. The Balaban J connectivity index is 2.00. The first-order valence-corrected chi connectivity index (χ1v) is 7.83. The molecule has 1 aliphatic rings. The normalized spacial score (nSPS) is 17.7. The standard InChI is InChI=1S/C15H13N3O4S/c19-14-13(12-6-3-9-23-12)17(8-7-16-14)15(20)10-4-1-2-5-11(10)18(21)22/h1-6,9,13H,7-8H2,(H,16,19)/t13-/m0/s1. The van der Waals surface area contributed by atoms with Gasteiger partial charge in [-0.05, 0) is 17.5 Å². The summed E-state index contributed by atoms with van der Waals surface area (Å²) in [6.45, 7) is 0.631. The van der Waals surface area contributed by atoms with Crippen molar-refractivity contribution in [2.75, 3.05) is 13.1 Å². The summed E-state index contributed by atoms with van der Waals surface area (Å²) < 4.78 is 0. The van der Waals surface area contributed by atoms with Crippen LogP contribution in [-0.2, 0) is 4.79 Å². The van der Waals surface area contributed by atoms with Crippen LogP contribution in [0.3, 0.4) is 0 Å². The summed E-state index contributed by atoms with van der Waals surface area (Å²) in [4.78, 5) is 37.7. The van der Waals surface area contributed by atoms with E-state index >= 15 is 0 Å². The third-order valence-electron chi connectivity index (χ3n) is 3.62. The number of rotatable bonds is 3. The van der Waals surface area contributed by atoms with E-state index in [2.05, 4.69) is 5.32 Å². The summed E-state index contributed by atoms with van der Waals surface area (Å²) in [6, 6.07) is 8.61. The van der Waals surface area contributed by atoms with Crippen LogP contribution in [0.25, 0.3) is 0 Å². The lowest BCUT2D eigenvalue weighted by Gasteiger charge is -2.34. The van der Waals surface area contributed by atoms with Crippen LogP contribution in [0.5, 0.6) is 0 Å². The number of nitro groups is 1. The van der Waals surface area contributed by atoms with Crippen molar-refractivity contribution in [1.82, 2.24) is 10.2 Å². The molecular weight excluding hydrogens is 318 g/mol. The topological polar surface area (TPSA) is 92.6 Å². The second-order valence-electron chi connectivity index (χ2n) is 4.98. The van der Waals surface area contributed by atoms with Crippen LogP contribution in [-0.4, -0.2) is 34.7 Å². The molecule has 1 fully saturated rings. The molecule has 2 aromatic rings. The molecule has 0 bridgehead atoms. The molecule has 2 heterocycles. The van der Waals surface area contributed by atoms with Gasteiger partial charge in [0.05, 0.1) is 4.92 Å². The van der Waals surface area contributed by atoms with Crippen LogP contribution < -0.4 is 5.32 Å². The number of hydrogen-bond acceptors (Lipinski definition) is 5. The minimum atomic E-state index is -0.754. The second-order valence-corrected chi connectivity index (χ2v) is 5.96. The molecule has 1 aromatic carbocycles. The van der Waals surface area contributed by atoms with E-state index in [1.807, 2.05) is 5.38 Å². The summed E-state index contributed by atoms with van der Waals surface area (Å²) in [7, 11) is 0. The molecule has 1 N–H and O–H groups in total. The molecule has 1 saturated heterocycles. The van der Waals surface area contributed by atoms with E-state index in [0.29, 0.717) is 13.1 Å². The van der Waals surface area contributed by atoms with Gasteiger partial charge in [0.1, 0.15) is 11.6 Å². The first-order chi connectivity index (χ1) is 11.1. The molecule has 0 unspecified atom stereocenters. The molecule has 2 amide bonds. The highest BCUT2D eigenvalue weighted by atomic mass is 32.1. The Bertz CT molecular complexity index is 760. The average Bonchev–Trinajstić information content (AvgIpc) is 3.08. The van der Waals surface area contributed by atoms with E-state index < -0.39 is 16.9 Å². The van der Waals surface area contributed by atoms with Crippen molar-refractivity contribution in [3.63, 3.8) is 0 Å². The van der Waals surface area contributed by atoms with Crippen molar-refractivity contribution in [2.24, 2.45) is 0 Å². The van der Waals surface area contributed by atoms with Gasteiger partial charge in [-0.1, -0.05) is 18.2 Å². The van der Waals surface area contributed by atoms with Gasteiger partial charge in [0, 0.05) is 24.0 Å². The monoisotopic (exact) mass is 331 g/mol. The molecule has 1 aromatic heterocycles. The third kappa shape index (κ3) is 2.80. The van der Waals surface area contributed by atoms with Crippen LogP contribution in [0.4, 0.5) is 5.69 Å². The first-order valence-electron chi connectivity index (χ1n) is 6.95. The molecule has 118 valence electrons. The van der Waals surface area contributed by atoms with Crippen molar-refractivity contribution in [3.8, 4) is 0 Å². The van der Waals surface area contributed by atoms with E-state index in [4.69, 9.17) is 0 Å². The number of nitro benzene ring substituents is 1. The first kappa shape index (κ1) is 15.2. The zero-order chi connectivity index (χ0) is 16.4. The molecule has 0 saturated carbocycles. The number of para-hydroxylation sites is 1. The molecule has 0 spiro atoms. The summed E-state index contributed by atoms with van der Waals surface area (Å²) >= 11 is 1.37. The molecule has 8 heteroatoms. The quantitative estimate of drug-likeness (QED) is 0.687. The third-order valence-corrected chi connectivity index (χ3v) is 4.54. The maximum Gasteiger partial charge on any atom is 0.282 e. The van der Waals surface area contributed by atoms with Crippen LogP contribution in [0.1, 0.15) is 21.3 Å². The summed E-state index contributed by atoms with van der Waals surface area (Å²) in [5, 5.41) is 15.7. The van der Waals surface area contributed by atoms with Gasteiger partial charge >= 0.3 is 0 Å². The maximum absolute atomic E-state index is 12.8. The summed E-state index contributed by atoms with van der Waals surface area (Å²) in [5.41, 5.74) is -0.262. The maximum atomic E-state index is 12.8. The van der Waals surface area contributed by atoms with Gasteiger partial charge in [-0.3, -0.25) is 19.7 Å². The van der Waals surface area contributed by atoms with Gasteiger partial charge in [0.15, 0.2) is 0 Å². The SMILES string of the molecule is O=C1NCCN(C(=O)c2ccccc2[N+](=O)[O-])[C@H]1c1cccs1. The predicted octanol–water partition coefficient (Wildman–Crippen LogP) is 1.97. The van der Waals surface area contributed by atoms with E-state index in [0.717, 1.165) is 4.88 Å². The fourth-order valence-corrected chi connectivity index (χ4v) is 3.42. The molecule has 23 heavy (non-hydrogen) atoms. The largest absolute Gasteiger partial charge is 0.352 e. The van der Waals surface area contributed by atoms with E-state index in [-0.39, 0.29) is 17.2 Å². The van der Waals surface area contributed by atoms with Crippen molar-refractivity contribution in [1.29, 1.82) is 0 Å². The lowest BCUT2D eigenvalue weighted by Crippen LogP contribution is -2.52. The molecule has 1 aliphatic heterocycles. The number of nitrogens with one attached hydrogen (secondary N) is 1. The lowest BCUT2D eigenvalue weighted by molar-refractivity contribution is -0.385. The Hall–Kier alpha value is -2.74.